The van der Waals surface area contributed by atoms with Gasteiger partial charge in [-0.25, -0.2) is 4.98 Å². The molecule has 1 aliphatic rings. The largest absolute Gasteiger partial charge is 0.390 e. The maximum atomic E-state index is 9.77. The van der Waals surface area contributed by atoms with Gasteiger partial charge in [-0.2, -0.15) is 0 Å². The fourth-order valence-corrected chi connectivity index (χ4v) is 2.56. The molecule has 3 nitrogen and oxygen atoms in total. The third-order valence-corrected chi connectivity index (χ3v) is 4.29. The zero-order valence-corrected chi connectivity index (χ0v) is 10.4. The van der Waals surface area contributed by atoms with Gasteiger partial charge < -0.3 is 10.0 Å². The molecule has 0 aromatic carbocycles. The molecule has 2 rings (SSSR count). The van der Waals surface area contributed by atoms with Crippen LogP contribution in [0.3, 0.4) is 0 Å². The lowest BCUT2D eigenvalue weighted by Crippen LogP contribution is -2.07. The van der Waals surface area contributed by atoms with Crippen molar-refractivity contribution < 1.29 is 5.11 Å². The molecule has 0 radical (unpaired) electrons. The number of hydrogen-bond acceptors (Lipinski definition) is 4. The highest BCUT2D eigenvalue weighted by Crippen LogP contribution is 2.40. The van der Waals surface area contributed by atoms with Crippen LogP contribution in [0.4, 0.5) is 5.13 Å². The van der Waals surface area contributed by atoms with E-state index in [9.17, 15) is 5.11 Å². The molecule has 1 aliphatic carbocycles. The van der Waals surface area contributed by atoms with Crippen molar-refractivity contribution in [2.45, 2.75) is 38.2 Å². The van der Waals surface area contributed by atoms with Gasteiger partial charge in [0.1, 0.15) is 0 Å². The molecular formula is C11H18N2OS. The van der Waals surface area contributed by atoms with Crippen molar-refractivity contribution in [3.05, 3.63) is 10.6 Å². The van der Waals surface area contributed by atoms with E-state index in [1.807, 2.05) is 19.0 Å². The summed E-state index contributed by atoms with van der Waals surface area (Å²) in [6.45, 7) is 2.05. The summed E-state index contributed by atoms with van der Waals surface area (Å²) in [6.07, 6.45) is 3.81. The maximum absolute atomic E-state index is 9.77. The lowest BCUT2D eigenvalue weighted by atomic mass is 10.1. The molecule has 0 spiro atoms. The second kappa shape index (κ2) is 3.76. The van der Waals surface area contributed by atoms with E-state index in [4.69, 9.17) is 0 Å². The van der Waals surface area contributed by atoms with E-state index >= 15 is 0 Å². The van der Waals surface area contributed by atoms with Gasteiger partial charge in [0.05, 0.1) is 11.3 Å². The van der Waals surface area contributed by atoms with E-state index in [0.717, 1.165) is 36.5 Å². The number of thiazole rings is 1. The zero-order valence-electron chi connectivity index (χ0n) is 9.58. The Kier molecular flexibility index (Phi) is 2.73. The van der Waals surface area contributed by atoms with Crippen LogP contribution in [0.15, 0.2) is 0 Å². The van der Waals surface area contributed by atoms with Crippen molar-refractivity contribution in [3.63, 3.8) is 0 Å². The molecule has 0 amide bonds. The van der Waals surface area contributed by atoms with Crippen LogP contribution in [0.5, 0.6) is 0 Å². The molecule has 1 aromatic heterocycles. The summed E-state index contributed by atoms with van der Waals surface area (Å²) in [5.41, 5.74) is 0.780. The van der Waals surface area contributed by atoms with Crippen molar-refractivity contribution >= 4 is 16.5 Å². The van der Waals surface area contributed by atoms with E-state index in [2.05, 4.69) is 11.9 Å². The highest BCUT2D eigenvalue weighted by atomic mass is 32.1. The van der Waals surface area contributed by atoms with Crippen LogP contribution in [0, 0.1) is 6.92 Å². The predicted octanol–water partition coefficient (Wildman–Crippen LogP) is 1.98. The summed E-state index contributed by atoms with van der Waals surface area (Å²) >= 11 is 1.74. The van der Waals surface area contributed by atoms with Crippen molar-refractivity contribution in [3.8, 4) is 0 Å². The summed E-state index contributed by atoms with van der Waals surface area (Å²) in [6, 6.07) is 0. The smallest absolute Gasteiger partial charge is 0.185 e. The summed E-state index contributed by atoms with van der Waals surface area (Å²) in [7, 11) is 4.02. The predicted molar refractivity (Wildman–Crippen MR) is 63.7 cm³/mol. The minimum absolute atomic E-state index is 0.339. The van der Waals surface area contributed by atoms with Crippen LogP contribution < -0.4 is 4.90 Å². The third-order valence-electron chi connectivity index (χ3n) is 2.91. The Balaban J connectivity index is 2.01. The molecule has 0 unspecified atom stereocenters. The average Bonchev–Trinajstić information content (AvgIpc) is 2.76. The van der Waals surface area contributed by atoms with Gasteiger partial charge in [-0.1, -0.05) is 0 Å². The van der Waals surface area contributed by atoms with E-state index in [1.54, 1.807) is 11.3 Å². The normalized spacial score (nSPS) is 17.9. The Bertz CT molecular complexity index is 355. The molecule has 15 heavy (non-hydrogen) atoms. The quantitative estimate of drug-likeness (QED) is 0.853. The molecule has 1 N–H and O–H groups in total. The lowest BCUT2D eigenvalue weighted by molar-refractivity contribution is 0.141. The van der Waals surface area contributed by atoms with Crippen LogP contribution >= 0.6 is 11.3 Å². The molecule has 1 aromatic rings. The first-order valence-electron chi connectivity index (χ1n) is 5.36. The molecule has 0 aliphatic heterocycles. The number of nitrogens with zero attached hydrogens (tertiary/aromatic N) is 2. The first-order chi connectivity index (χ1) is 7.00. The van der Waals surface area contributed by atoms with Gasteiger partial charge in [0, 0.05) is 19.0 Å². The maximum Gasteiger partial charge on any atom is 0.185 e. The standard InChI is InChI=1S/C11H18N2OS/c1-8-9(4-5-11(14)6-7-11)15-10(12-8)13(2)3/h14H,4-7H2,1-3H3. The molecule has 1 saturated carbocycles. The molecule has 0 saturated heterocycles. The molecule has 0 atom stereocenters. The summed E-state index contributed by atoms with van der Waals surface area (Å²) < 4.78 is 0. The first-order valence-corrected chi connectivity index (χ1v) is 6.18. The van der Waals surface area contributed by atoms with Gasteiger partial charge in [-0.3, -0.25) is 0 Å². The first kappa shape index (κ1) is 10.9. The number of aliphatic hydroxyl groups is 1. The Labute approximate surface area is 94.8 Å². The lowest BCUT2D eigenvalue weighted by Gasteiger charge is -2.06. The Morgan fingerprint density at radius 1 is 1.47 bits per heavy atom. The van der Waals surface area contributed by atoms with Crippen LogP contribution in [0.2, 0.25) is 0 Å². The zero-order chi connectivity index (χ0) is 11.1. The topological polar surface area (TPSA) is 36.4 Å². The van der Waals surface area contributed by atoms with E-state index in [-0.39, 0.29) is 5.60 Å². The van der Waals surface area contributed by atoms with E-state index in [1.165, 1.54) is 4.88 Å². The summed E-state index contributed by atoms with van der Waals surface area (Å²) in [5.74, 6) is 0. The SMILES string of the molecule is Cc1nc(N(C)C)sc1CCC1(O)CC1. The third kappa shape index (κ3) is 2.49. The number of anilines is 1. The van der Waals surface area contributed by atoms with Gasteiger partial charge in [0.15, 0.2) is 5.13 Å². The van der Waals surface area contributed by atoms with Gasteiger partial charge in [0.25, 0.3) is 0 Å². The monoisotopic (exact) mass is 226 g/mol. The van der Waals surface area contributed by atoms with Crippen molar-refractivity contribution in [2.24, 2.45) is 0 Å². The van der Waals surface area contributed by atoms with Gasteiger partial charge in [-0.05, 0) is 32.6 Å². The van der Waals surface area contributed by atoms with Crippen molar-refractivity contribution in [2.75, 3.05) is 19.0 Å². The van der Waals surface area contributed by atoms with Crippen molar-refractivity contribution in [1.82, 2.24) is 4.98 Å². The minimum atomic E-state index is -0.339. The number of hydrogen-bond donors (Lipinski definition) is 1. The Hall–Kier alpha value is -0.610. The van der Waals surface area contributed by atoms with Crippen LogP contribution in [-0.2, 0) is 6.42 Å². The van der Waals surface area contributed by atoms with Crippen LogP contribution in [0.25, 0.3) is 0 Å². The molecule has 0 bridgehead atoms. The molecule has 1 fully saturated rings. The number of aromatic nitrogens is 1. The van der Waals surface area contributed by atoms with Gasteiger partial charge in [-0.15, -0.1) is 11.3 Å². The fraction of sp³-hybridized carbons (Fsp3) is 0.727. The molecular weight excluding hydrogens is 208 g/mol. The minimum Gasteiger partial charge on any atom is -0.390 e. The molecule has 84 valence electrons. The highest BCUT2D eigenvalue weighted by molar-refractivity contribution is 7.15. The Morgan fingerprint density at radius 2 is 2.13 bits per heavy atom. The van der Waals surface area contributed by atoms with Gasteiger partial charge in [0.2, 0.25) is 0 Å². The fourth-order valence-electron chi connectivity index (χ4n) is 1.58. The van der Waals surface area contributed by atoms with E-state index in [0.29, 0.717) is 0 Å². The van der Waals surface area contributed by atoms with E-state index < -0.39 is 0 Å². The average molecular weight is 226 g/mol. The molecule has 1 heterocycles. The highest BCUT2D eigenvalue weighted by Gasteiger charge is 2.39. The Morgan fingerprint density at radius 3 is 2.60 bits per heavy atom. The second-order valence-electron chi connectivity index (χ2n) is 4.62. The number of rotatable bonds is 4. The van der Waals surface area contributed by atoms with Crippen LogP contribution in [-0.4, -0.2) is 29.8 Å². The second-order valence-corrected chi connectivity index (χ2v) is 5.69. The number of aryl methyl sites for hydroxylation is 2. The summed E-state index contributed by atoms with van der Waals surface area (Å²) in [5, 5.41) is 10.8. The van der Waals surface area contributed by atoms with Gasteiger partial charge >= 0.3 is 0 Å². The van der Waals surface area contributed by atoms with Crippen LogP contribution in [0.1, 0.15) is 29.8 Å². The summed E-state index contributed by atoms with van der Waals surface area (Å²) in [4.78, 5) is 7.85. The van der Waals surface area contributed by atoms with Crippen molar-refractivity contribution in [1.29, 1.82) is 0 Å². The molecule has 4 heteroatoms.